The number of anilines is 1. The van der Waals surface area contributed by atoms with E-state index in [1.54, 1.807) is 12.1 Å². The number of sulfonamides is 1. The number of morpholine rings is 1. The van der Waals surface area contributed by atoms with E-state index < -0.39 is 15.9 Å². The van der Waals surface area contributed by atoms with E-state index in [2.05, 4.69) is 10.2 Å². The summed E-state index contributed by atoms with van der Waals surface area (Å²) in [6.07, 6.45) is 1.06. The lowest BCUT2D eigenvalue weighted by atomic mass is 10.1. The molecule has 180 valence electrons. The highest BCUT2D eigenvalue weighted by molar-refractivity contribution is 7.92. The Morgan fingerprint density at radius 1 is 1.03 bits per heavy atom. The second-order valence-electron chi connectivity index (χ2n) is 7.79. The van der Waals surface area contributed by atoms with Gasteiger partial charge in [0.1, 0.15) is 6.54 Å². The van der Waals surface area contributed by atoms with E-state index in [0.717, 1.165) is 49.0 Å². The van der Waals surface area contributed by atoms with Crippen molar-refractivity contribution in [1.29, 1.82) is 0 Å². The molecule has 0 aliphatic carbocycles. The molecule has 1 aliphatic rings. The number of nitrogens with one attached hydrogen (secondary N) is 1. The molecule has 10 heteroatoms. The number of rotatable bonds is 10. The van der Waals surface area contributed by atoms with Gasteiger partial charge in [-0.1, -0.05) is 24.3 Å². The molecule has 1 heterocycles. The summed E-state index contributed by atoms with van der Waals surface area (Å²) in [7, 11) is -0.740. The van der Waals surface area contributed by atoms with Gasteiger partial charge < -0.3 is 19.5 Å². The Hall–Kier alpha value is -2.82. The van der Waals surface area contributed by atoms with E-state index in [0.29, 0.717) is 23.7 Å². The lowest BCUT2D eigenvalue weighted by Crippen LogP contribution is -2.40. The van der Waals surface area contributed by atoms with Gasteiger partial charge in [0, 0.05) is 32.2 Å². The molecule has 1 fully saturated rings. The summed E-state index contributed by atoms with van der Waals surface area (Å²) in [5, 5.41) is 2.80. The third-order valence-electron chi connectivity index (χ3n) is 5.37. The van der Waals surface area contributed by atoms with Crippen LogP contribution >= 0.6 is 0 Å². The van der Waals surface area contributed by atoms with Crippen LogP contribution in [-0.4, -0.2) is 72.5 Å². The molecule has 0 bridgehead atoms. The number of benzene rings is 2. The minimum atomic E-state index is -3.70. The highest BCUT2D eigenvalue weighted by atomic mass is 32.2. The fraction of sp³-hybridized carbons (Fsp3) is 0.435. The van der Waals surface area contributed by atoms with Gasteiger partial charge in [-0.15, -0.1) is 0 Å². The van der Waals surface area contributed by atoms with Crippen molar-refractivity contribution < 1.29 is 27.4 Å². The van der Waals surface area contributed by atoms with Gasteiger partial charge in [-0.05, 0) is 23.3 Å². The Kier molecular flexibility index (Phi) is 8.54. The molecule has 1 N–H and O–H groups in total. The van der Waals surface area contributed by atoms with E-state index in [-0.39, 0.29) is 6.54 Å². The van der Waals surface area contributed by atoms with Gasteiger partial charge in [0.25, 0.3) is 0 Å². The van der Waals surface area contributed by atoms with Crippen molar-refractivity contribution in [2.24, 2.45) is 0 Å². The average Bonchev–Trinajstić information content (AvgIpc) is 2.81. The third-order valence-corrected chi connectivity index (χ3v) is 6.51. The molecular formula is C23H31N3O6S. The van der Waals surface area contributed by atoms with Crippen LogP contribution in [0.4, 0.5) is 5.69 Å². The molecule has 0 aromatic heterocycles. The Morgan fingerprint density at radius 3 is 2.27 bits per heavy atom. The number of carbonyl (C=O) groups excluding carboxylic acids is 1. The molecule has 0 atom stereocenters. The molecule has 2 aromatic carbocycles. The van der Waals surface area contributed by atoms with Gasteiger partial charge in [0.2, 0.25) is 15.9 Å². The minimum absolute atomic E-state index is 0.306. The molecule has 33 heavy (non-hydrogen) atoms. The normalized spacial score (nSPS) is 14.5. The van der Waals surface area contributed by atoms with Crippen LogP contribution in [0.5, 0.6) is 11.5 Å². The molecular weight excluding hydrogens is 446 g/mol. The fourth-order valence-electron chi connectivity index (χ4n) is 3.55. The van der Waals surface area contributed by atoms with Gasteiger partial charge in [0.05, 0.1) is 39.4 Å². The summed E-state index contributed by atoms with van der Waals surface area (Å²) in [4.78, 5) is 14.9. The van der Waals surface area contributed by atoms with Gasteiger partial charge >= 0.3 is 0 Å². The van der Waals surface area contributed by atoms with Crippen LogP contribution < -0.4 is 19.1 Å². The van der Waals surface area contributed by atoms with Gasteiger partial charge in [0.15, 0.2) is 11.5 Å². The summed E-state index contributed by atoms with van der Waals surface area (Å²) in [5.74, 6) is 0.435. The first-order valence-corrected chi connectivity index (χ1v) is 12.5. The first kappa shape index (κ1) is 24.8. The largest absolute Gasteiger partial charge is 0.493 e. The third kappa shape index (κ3) is 7.08. The van der Waals surface area contributed by atoms with Crippen LogP contribution in [0.25, 0.3) is 0 Å². The molecule has 0 spiro atoms. The summed E-state index contributed by atoms with van der Waals surface area (Å²) in [5.41, 5.74) is 2.45. The Balaban J connectivity index is 1.59. The monoisotopic (exact) mass is 477 g/mol. The fourth-order valence-corrected chi connectivity index (χ4v) is 4.40. The summed E-state index contributed by atoms with van der Waals surface area (Å²) in [6, 6.07) is 12.7. The van der Waals surface area contributed by atoms with E-state index >= 15 is 0 Å². The lowest BCUT2D eigenvalue weighted by Gasteiger charge is -2.26. The van der Waals surface area contributed by atoms with E-state index in [1.807, 2.05) is 24.3 Å². The number of nitrogens with zero attached hydrogens (tertiary/aromatic N) is 2. The van der Waals surface area contributed by atoms with Crippen molar-refractivity contribution in [3.8, 4) is 11.5 Å². The molecule has 1 amide bonds. The predicted octanol–water partition coefficient (Wildman–Crippen LogP) is 1.62. The second kappa shape index (κ2) is 11.4. The van der Waals surface area contributed by atoms with Crippen molar-refractivity contribution >= 4 is 21.6 Å². The minimum Gasteiger partial charge on any atom is -0.493 e. The SMILES string of the molecule is COc1ccc(N(CC(=O)NCc2ccc(CN3CCOCC3)cc2)S(C)(=O)=O)cc1OC. The highest BCUT2D eigenvalue weighted by Gasteiger charge is 2.22. The first-order valence-electron chi connectivity index (χ1n) is 10.6. The highest BCUT2D eigenvalue weighted by Crippen LogP contribution is 2.32. The number of hydrogen-bond donors (Lipinski definition) is 1. The maximum Gasteiger partial charge on any atom is 0.241 e. The Morgan fingerprint density at radius 2 is 1.67 bits per heavy atom. The topological polar surface area (TPSA) is 97.4 Å². The second-order valence-corrected chi connectivity index (χ2v) is 9.70. The number of ether oxygens (including phenoxy) is 3. The van der Waals surface area contributed by atoms with Crippen molar-refractivity contribution in [2.75, 3.05) is 57.6 Å². The molecule has 0 radical (unpaired) electrons. The zero-order valence-corrected chi connectivity index (χ0v) is 20.1. The number of hydrogen-bond acceptors (Lipinski definition) is 7. The summed E-state index contributed by atoms with van der Waals surface area (Å²) in [6.45, 7) is 4.20. The number of carbonyl (C=O) groups is 1. The van der Waals surface area contributed by atoms with Crippen molar-refractivity contribution in [2.45, 2.75) is 13.1 Å². The molecule has 9 nitrogen and oxygen atoms in total. The van der Waals surface area contributed by atoms with Crippen LogP contribution in [0, 0.1) is 0 Å². The van der Waals surface area contributed by atoms with Crippen LogP contribution in [0.1, 0.15) is 11.1 Å². The van der Waals surface area contributed by atoms with Crippen LogP contribution in [0.3, 0.4) is 0 Å². The lowest BCUT2D eigenvalue weighted by molar-refractivity contribution is -0.119. The number of methoxy groups -OCH3 is 2. The average molecular weight is 478 g/mol. The summed E-state index contributed by atoms with van der Waals surface area (Å²) < 4.78 is 41.6. The van der Waals surface area contributed by atoms with Crippen molar-refractivity contribution in [1.82, 2.24) is 10.2 Å². The van der Waals surface area contributed by atoms with Gasteiger partial charge in [-0.25, -0.2) is 8.42 Å². The van der Waals surface area contributed by atoms with Crippen molar-refractivity contribution in [3.63, 3.8) is 0 Å². The molecule has 3 rings (SSSR count). The zero-order valence-electron chi connectivity index (χ0n) is 19.2. The van der Waals surface area contributed by atoms with E-state index in [4.69, 9.17) is 14.2 Å². The van der Waals surface area contributed by atoms with Crippen LogP contribution in [-0.2, 0) is 32.6 Å². The molecule has 0 unspecified atom stereocenters. The Labute approximate surface area is 195 Å². The van der Waals surface area contributed by atoms with Crippen LogP contribution in [0.15, 0.2) is 42.5 Å². The smallest absolute Gasteiger partial charge is 0.241 e. The zero-order chi connectivity index (χ0) is 23.8. The van der Waals surface area contributed by atoms with Crippen molar-refractivity contribution in [3.05, 3.63) is 53.6 Å². The maximum absolute atomic E-state index is 12.6. The van der Waals surface area contributed by atoms with E-state index in [9.17, 15) is 13.2 Å². The number of amides is 1. The predicted molar refractivity (Wildman–Crippen MR) is 126 cm³/mol. The maximum atomic E-state index is 12.6. The van der Waals surface area contributed by atoms with Gasteiger partial charge in [-0.3, -0.25) is 14.0 Å². The van der Waals surface area contributed by atoms with Gasteiger partial charge in [-0.2, -0.15) is 0 Å². The summed E-state index contributed by atoms with van der Waals surface area (Å²) >= 11 is 0. The van der Waals surface area contributed by atoms with Crippen LogP contribution in [0.2, 0.25) is 0 Å². The molecule has 1 saturated heterocycles. The Bertz CT molecular complexity index is 1040. The quantitative estimate of drug-likeness (QED) is 0.555. The molecule has 0 saturated carbocycles. The molecule has 2 aromatic rings. The van der Waals surface area contributed by atoms with E-state index in [1.165, 1.54) is 25.8 Å². The first-order chi connectivity index (χ1) is 15.8. The molecule has 1 aliphatic heterocycles. The standard InChI is InChI=1S/C23H31N3O6S/c1-30-21-9-8-20(14-22(21)31-2)26(33(3,28)29)17-23(27)24-15-18-4-6-19(7-5-18)16-25-10-12-32-13-11-25/h4-9,14H,10-13,15-17H2,1-3H3,(H,24,27).